The van der Waals surface area contributed by atoms with Crippen molar-refractivity contribution in [2.24, 2.45) is 13.0 Å². The number of hydrogen-bond acceptors (Lipinski definition) is 3. The van der Waals surface area contributed by atoms with Crippen molar-refractivity contribution < 1.29 is 9.90 Å². The van der Waals surface area contributed by atoms with Gasteiger partial charge in [-0.3, -0.25) is 4.68 Å². The fraction of sp³-hybridized carbons (Fsp3) is 0.692. The molecule has 108 valence electrons. The Bertz CT molecular complexity index is 413. The Hall–Kier alpha value is -1.56. The van der Waals surface area contributed by atoms with E-state index in [-0.39, 0.29) is 18.5 Å². The molecule has 0 aromatic carbocycles. The second-order valence-electron chi connectivity index (χ2n) is 5.39. The summed E-state index contributed by atoms with van der Waals surface area (Å²) < 4.78 is 1.73. The molecular weight excluding hydrogens is 244 g/mol. The molecular formula is C13H24N4O2. The number of urea groups is 1. The molecule has 1 heterocycles. The number of carbonyl (C=O) groups excluding carboxylic acids is 1. The molecule has 19 heavy (non-hydrogen) atoms. The normalized spacial score (nSPS) is 14.2. The molecule has 0 bridgehead atoms. The van der Waals surface area contributed by atoms with Gasteiger partial charge in [-0.1, -0.05) is 13.8 Å². The van der Waals surface area contributed by atoms with Gasteiger partial charge in [-0.25, -0.2) is 4.79 Å². The van der Waals surface area contributed by atoms with Crippen LogP contribution in [0.2, 0.25) is 0 Å². The van der Waals surface area contributed by atoms with Crippen LogP contribution in [0, 0.1) is 5.92 Å². The standard InChI is InChI=1S/C13H24N4O2/c1-10(2)13(3,19)9-15-12(18)14-6-5-11-7-16-17(4)8-11/h7-8,10,19H,5-6,9H2,1-4H3,(H2,14,15,18). The maximum atomic E-state index is 11.6. The van der Waals surface area contributed by atoms with Crippen molar-refractivity contribution in [2.75, 3.05) is 13.1 Å². The minimum Gasteiger partial charge on any atom is -0.388 e. The van der Waals surface area contributed by atoms with Gasteiger partial charge in [-0.15, -0.1) is 0 Å². The second-order valence-corrected chi connectivity index (χ2v) is 5.39. The zero-order chi connectivity index (χ0) is 14.5. The number of carbonyl (C=O) groups is 1. The third kappa shape index (κ3) is 5.30. The highest BCUT2D eigenvalue weighted by molar-refractivity contribution is 5.73. The molecule has 0 saturated carbocycles. The lowest BCUT2D eigenvalue weighted by molar-refractivity contribution is 0.0166. The minimum atomic E-state index is -0.888. The van der Waals surface area contributed by atoms with Crippen LogP contribution in [0.3, 0.4) is 0 Å². The van der Waals surface area contributed by atoms with Crippen LogP contribution in [0.25, 0.3) is 0 Å². The quantitative estimate of drug-likeness (QED) is 0.709. The summed E-state index contributed by atoms with van der Waals surface area (Å²) in [5.74, 6) is 0.0863. The number of aromatic nitrogens is 2. The van der Waals surface area contributed by atoms with Gasteiger partial charge in [0.05, 0.1) is 11.8 Å². The molecule has 0 saturated heterocycles. The van der Waals surface area contributed by atoms with Crippen LogP contribution in [-0.4, -0.2) is 39.6 Å². The predicted molar refractivity (Wildman–Crippen MR) is 73.8 cm³/mol. The van der Waals surface area contributed by atoms with Crippen LogP contribution in [0.5, 0.6) is 0 Å². The van der Waals surface area contributed by atoms with E-state index in [2.05, 4.69) is 15.7 Å². The highest BCUT2D eigenvalue weighted by Gasteiger charge is 2.25. The molecule has 0 aliphatic carbocycles. The first-order chi connectivity index (χ1) is 8.81. The van der Waals surface area contributed by atoms with E-state index in [0.29, 0.717) is 6.54 Å². The highest BCUT2D eigenvalue weighted by atomic mass is 16.3. The smallest absolute Gasteiger partial charge is 0.314 e. The number of nitrogens with one attached hydrogen (secondary N) is 2. The van der Waals surface area contributed by atoms with E-state index in [1.54, 1.807) is 17.8 Å². The van der Waals surface area contributed by atoms with E-state index in [0.717, 1.165) is 12.0 Å². The molecule has 1 aromatic heterocycles. The van der Waals surface area contributed by atoms with Crippen LogP contribution in [0.4, 0.5) is 4.79 Å². The average molecular weight is 268 g/mol. The van der Waals surface area contributed by atoms with E-state index < -0.39 is 5.60 Å². The molecule has 0 spiro atoms. The molecule has 3 N–H and O–H groups in total. The second kappa shape index (κ2) is 6.56. The Kier molecular flexibility index (Phi) is 5.35. The molecule has 1 atom stereocenters. The van der Waals surface area contributed by atoms with Gasteiger partial charge < -0.3 is 15.7 Å². The molecule has 1 unspecified atom stereocenters. The average Bonchev–Trinajstić information content (AvgIpc) is 2.72. The Balaban J connectivity index is 2.21. The van der Waals surface area contributed by atoms with Crippen molar-refractivity contribution in [3.8, 4) is 0 Å². The fourth-order valence-corrected chi connectivity index (χ4v) is 1.45. The summed E-state index contributed by atoms with van der Waals surface area (Å²) in [6.07, 6.45) is 4.44. The van der Waals surface area contributed by atoms with E-state index in [4.69, 9.17) is 0 Å². The first-order valence-corrected chi connectivity index (χ1v) is 6.53. The van der Waals surface area contributed by atoms with Crippen LogP contribution in [-0.2, 0) is 13.5 Å². The number of amides is 2. The van der Waals surface area contributed by atoms with Gasteiger partial charge in [0.25, 0.3) is 0 Å². The van der Waals surface area contributed by atoms with E-state index in [1.165, 1.54) is 0 Å². The van der Waals surface area contributed by atoms with E-state index >= 15 is 0 Å². The van der Waals surface area contributed by atoms with Crippen molar-refractivity contribution in [1.82, 2.24) is 20.4 Å². The number of rotatable bonds is 6. The molecule has 6 nitrogen and oxygen atoms in total. The van der Waals surface area contributed by atoms with Gasteiger partial charge in [-0.05, 0) is 24.8 Å². The van der Waals surface area contributed by atoms with Gasteiger partial charge in [0.15, 0.2) is 0 Å². The van der Waals surface area contributed by atoms with Crippen LogP contribution < -0.4 is 10.6 Å². The summed E-state index contributed by atoms with van der Waals surface area (Å²) in [7, 11) is 1.86. The van der Waals surface area contributed by atoms with Crippen molar-refractivity contribution in [3.63, 3.8) is 0 Å². The molecule has 0 fully saturated rings. The van der Waals surface area contributed by atoms with Crippen molar-refractivity contribution in [1.29, 1.82) is 0 Å². The van der Waals surface area contributed by atoms with Gasteiger partial charge in [-0.2, -0.15) is 5.10 Å². The third-order valence-corrected chi connectivity index (χ3v) is 3.31. The van der Waals surface area contributed by atoms with Crippen LogP contribution in [0.1, 0.15) is 26.3 Å². The lowest BCUT2D eigenvalue weighted by atomic mass is 9.93. The zero-order valence-electron chi connectivity index (χ0n) is 12.1. The maximum absolute atomic E-state index is 11.6. The molecule has 0 aliphatic heterocycles. The molecule has 1 rings (SSSR count). The largest absolute Gasteiger partial charge is 0.388 e. The first kappa shape index (κ1) is 15.5. The zero-order valence-corrected chi connectivity index (χ0v) is 12.1. The first-order valence-electron chi connectivity index (χ1n) is 6.53. The topological polar surface area (TPSA) is 79.2 Å². The highest BCUT2D eigenvalue weighted by Crippen LogP contribution is 2.14. The Labute approximate surface area is 114 Å². The van der Waals surface area contributed by atoms with Crippen molar-refractivity contribution >= 4 is 6.03 Å². The minimum absolute atomic E-state index is 0.0863. The summed E-state index contributed by atoms with van der Waals surface area (Å²) in [6.45, 7) is 6.34. The lowest BCUT2D eigenvalue weighted by Crippen LogP contribution is -2.47. The van der Waals surface area contributed by atoms with Gasteiger partial charge in [0, 0.05) is 26.3 Å². The number of hydrogen-bond donors (Lipinski definition) is 3. The summed E-state index contributed by atoms with van der Waals surface area (Å²) in [5.41, 5.74) is 0.192. The molecule has 2 amide bonds. The van der Waals surface area contributed by atoms with Gasteiger partial charge in [0.1, 0.15) is 0 Å². The number of nitrogens with zero attached hydrogens (tertiary/aromatic N) is 2. The fourth-order valence-electron chi connectivity index (χ4n) is 1.45. The van der Waals surface area contributed by atoms with Gasteiger partial charge in [0.2, 0.25) is 0 Å². The number of aryl methyl sites for hydroxylation is 1. The predicted octanol–water partition coefficient (Wildman–Crippen LogP) is 0.669. The Morgan fingerprint density at radius 1 is 1.53 bits per heavy atom. The van der Waals surface area contributed by atoms with E-state index in [1.807, 2.05) is 27.1 Å². The van der Waals surface area contributed by atoms with Gasteiger partial charge >= 0.3 is 6.03 Å². The van der Waals surface area contributed by atoms with Crippen LogP contribution in [0.15, 0.2) is 12.4 Å². The summed E-state index contributed by atoms with van der Waals surface area (Å²) in [5, 5.41) is 19.5. The SMILES string of the molecule is CC(C)C(C)(O)CNC(=O)NCCc1cnn(C)c1. The molecule has 6 heteroatoms. The van der Waals surface area contributed by atoms with E-state index in [9.17, 15) is 9.90 Å². The monoisotopic (exact) mass is 268 g/mol. The molecule has 1 aromatic rings. The summed E-state index contributed by atoms with van der Waals surface area (Å²) >= 11 is 0. The lowest BCUT2D eigenvalue weighted by Gasteiger charge is -2.27. The van der Waals surface area contributed by atoms with Crippen molar-refractivity contribution in [2.45, 2.75) is 32.8 Å². The Morgan fingerprint density at radius 3 is 2.74 bits per heavy atom. The summed E-state index contributed by atoms with van der Waals surface area (Å²) in [6, 6.07) is -0.259. The summed E-state index contributed by atoms with van der Waals surface area (Å²) in [4.78, 5) is 11.6. The maximum Gasteiger partial charge on any atom is 0.314 e. The van der Waals surface area contributed by atoms with Crippen LogP contribution >= 0.6 is 0 Å². The molecule has 0 aliphatic rings. The number of aliphatic hydroxyl groups is 1. The third-order valence-electron chi connectivity index (χ3n) is 3.31. The Morgan fingerprint density at radius 2 is 2.21 bits per heavy atom. The molecule has 0 radical (unpaired) electrons. The van der Waals surface area contributed by atoms with Crippen molar-refractivity contribution in [3.05, 3.63) is 18.0 Å².